The van der Waals surface area contributed by atoms with Gasteiger partial charge in [-0.2, -0.15) is 0 Å². The molecule has 0 bridgehead atoms. The van der Waals surface area contributed by atoms with Crippen molar-refractivity contribution in [2.24, 2.45) is 0 Å². The molecule has 102 valence electrons. The summed E-state index contributed by atoms with van der Waals surface area (Å²) < 4.78 is 0. The van der Waals surface area contributed by atoms with Gasteiger partial charge in [-0.1, -0.05) is 27.7 Å². The smallest absolute Gasteiger partial charge is 0.138 e. The maximum absolute atomic E-state index is 4.59. The first kappa shape index (κ1) is 14.7. The Morgan fingerprint density at radius 3 is 2.28 bits per heavy atom. The summed E-state index contributed by atoms with van der Waals surface area (Å²) in [5, 5.41) is 6.67. The molecule has 0 saturated carbocycles. The van der Waals surface area contributed by atoms with Crippen molar-refractivity contribution in [1.82, 2.24) is 9.97 Å². The second kappa shape index (κ2) is 6.03. The van der Waals surface area contributed by atoms with Crippen molar-refractivity contribution < 1.29 is 0 Å². The lowest BCUT2D eigenvalue weighted by Gasteiger charge is -2.20. The van der Waals surface area contributed by atoms with Crippen LogP contribution in [-0.2, 0) is 5.41 Å². The van der Waals surface area contributed by atoms with Crippen molar-refractivity contribution in [3.63, 3.8) is 0 Å². The molecule has 18 heavy (non-hydrogen) atoms. The zero-order valence-electron chi connectivity index (χ0n) is 12.5. The van der Waals surface area contributed by atoms with E-state index in [9.17, 15) is 0 Å². The van der Waals surface area contributed by atoms with E-state index in [1.54, 1.807) is 0 Å². The van der Waals surface area contributed by atoms with Crippen LogP contribution in [0.3, 0.4) is 0 Å². The van der Waals surface area contributed by atoms with Crippen LogP contribution >= 0.6 is 0 Å². The van der Waals surface area contributed by atoms with Crippen LogP contribution in [0.15, 0.2) is 6.07 Å². The molecular weight excluding hydrogens is 224 g/mol. The minimum absolute atomic E-state index is 0.0443. The molecule has 0 aliphatic heterocycles. The standard InChI is InChI=1S/C14H26N4/c1-7-8-15-11-9-12(16-10(2)3)18-13(17-11)14(4,5)6/h9-10H,7-8H2,1-6H3,(H2,15,16,17,18). The SMILES string of the molecule is CCCNc1cc(NC(C)C)nc(C(C)(C)C)n1. The molecule has 0 fully saturated rings. The maximum Gasteiger partial charge on any atom is 0.138 e. The van der Waals surface area contributed by atoms with Crippen molar-refractivity contribution in [3.8, 4) is 0 Å². The first-order valence-electron chi connectivity index (χ1n) is 6.73. The number of anilines is 2. The van der Waals surface area contributed by atoms with E-state index in [-0.39, 0.29) is 5.41 Å². The molecule has 0 aliphatic rings. The Labute approximate surface area is 111 Å². The van der Waals surface area contributed by atoms with Gasteiger partial charge in [0.15, 0.2) is 0 Å². The Bertz CT molecular complexity index is 380. The van der Waals surface area contributed by atoms with Gasteiger partial charge < -0.3 is 10.6 Å². The van der Waals surface area contributed by atoms with E-state index in [1.165, 1.54) is 0 Å². The predicted octanol–water partition coefficient (Wildman–Crippen LogP) is 3.42. The van der Waals surface area contributed by atoms with Crippen LogP contribution in [0.2, 0.25) is 0 Å². The van der Waals surface area contributed by atoms with Gasteiger partial charge in [-0.25, -0.2) is 9.97 Å². The summed E-state index contributed by atoms with van der Waals surface area (Å²) in [7, 11) is 0. The third kappa shape index (κ3) is 4.51. The topological polar surface area (TPSA) is 49.8 Å². The molecule has 1 aromatic rings. The summed E-state index contributed by atoms with van der Waals surface area (Å²) in [5.74, 6) is 2.66. The highest BCUT2D eigenvalue weighted by atomic mass is 15.1. The fourth-order valence-electron chi connectivity index (χ4n) is 1.50. The zero-order chi connectivity index (χ0) is 13.8. The molecule has 0 atom stereocenters. The highest BCUT2D eigenvalue weighted by molar-refractivity contribution is 5.48. The van der Waals surface area contributed by atoms with Crippen LogP contribution < -0.4 is 10.6 Å². The molecule has 0 aliphatic carbocycles. The van der Waals surface area contributed by atoms with E-state index in [1.807, 2.05) is 6.07 Å². The highest BCUT2D eigenvalue weighted by Crippen LogP contribution is 2.22. The average Bonchev–Trinajstić information content (AvgIpc) is 2.24. The van der Waals surface area contributed by atoms with Gasteiger partial charge in [0.1, 0.15) is 17.5 Å². The van der Waals surface area contributed by atoms with Gasteiger partial charge in [0.05, 0.1) is 0 Å². The largest absolute Gasteiger partial charge is 0.370 e. The van der Waals surface area contributed by atoms with Crippen LogP contribution in [-0.4, -0.2) is 22.6 Å². The second-order valence-corrected chi connectivity index (χ2v) is 5.94. The Morgan fingerprint density at radius 1 is 1.17 bits per heavy atom. The van der Waals surface area contributed by atoms with Gasteiger partial charge in [-0.15, -0.1) is 0 Å². The van der Waals surface area contributed by atoms with Crippen molar-refractivity contribution in [1.29, 1.82) is 0 Å². The third-order valence-corrected chi connectivity index (χ3v) is 2.39. The molecule has 4 nitrogen and oxygen atoms in total. The lowest BCUT2D eigenvalue weighted by molar-refractivity contribution is 0.546. The van der Waals surface area contributed by atoms with Gasteiger partial charge in [0, 0.05) is 24.1 Å². The van der Waals surface area contributed by atoms with Crippen LogP contribution in [0.25, 0.3) is 0 Å². The predicted molar refractivity (Wildman–Crippen MR) is 78.3 cm³/mol. The first-order valence-corrected chi connectivity index (χ1v) is 6.73. The van der Waals surface area contributed by atoms with E-state index in [4.69, 9.17) is 0 Å². The molecular formula is C14H26N4. The molecule has 0 aromatic carbocycles. The second-order valence-electron chi connectivity index (χ2n) is 5.94. The van der Waals surface area contributed by atoms with E-state index in [0.717, 1.165) is 30.4 Å². The number of rotatable bonds is 5. The average molecular weight is 250 g/mol. The minimum atomic E-state index is -0.0443. The Kier molecular flexibility index (Phi) is 4.93. The molecule has 1 heterocycles. The quantitative estimate of drug-likeness (QED) is 0.840. The Morgan fingerprint density at radius 2 is 1.78 bits per heavy atom. The summed E-state index contributed by atoms with van der Waals surface area (Å²) >= 11 is 0. The van der Waals surface area contributed by atoms with Crippen LogP contribution in [0.5, 0.6) is 0 Å². The van der Waals surface area contributed by atoms with Crippen molar-refractivity contribution in [2.75, 3.05) is 17.2 Å². The number of hydrogen-bond acceptors (Lipinski definition) is 4. The maximum atomic E-state index is 4.59. The Hall–Kier alpha value is -1.32. The minimum Gasteiger partial charge on any atom is -0.370 e. The van der Waals surface area contributed by atoms with E-state index in [0.29, 0.717) is 6.04 Å². The van der Waals surface area contributed by atoms with Crippen molar-refractivity contribution >= 4 is 11.6 Å². The van der Waals surface area contributed by atoms with E-state index < -0.39 is 0 Å². The molecule has 0 radical (unpaired) electrons. The molecule has 0 amide bonds. The molecule has 0 saturated heterocycles. The van der Waals surface area contributed by atoms with Crippen LogP contribution in [0.4, 0.5) is 11.6 Å². The summed E-state index contributed by atoms with van der Waals surface area (Å²) in [6.45, 7) is 13.7. The fourth-order valence-corrected chi connectivity index (χ4v) is 1.50. The lowest BCUT2D eigenvalue weighted by atomic mass is 9.96. The number of aromatic nitrogens is 2. The third-order valence-electron chi connectivity index (χ3n) is 2.39. The molecule has 1 rings (SSSR count). The number of hydrogen-bond donors (Lipinski definition) is 2. The molecule has 1 aromatic heterocycles. The summed E-state index contributed by atoms with van der Waals surface area (Å²) in [5.41, 5.74) is -0.0443. The van der Waals surface area contributed by atoms with Gasteiger partial charge in [-0.3, -0.25) is 0 Å². The number of nitrogens with one attached hydrogen (secondary N) is 2. The highest BCUT2D eigenvalue weighted by Gasteiger charge is 2.19. The zero-order valence-corrected chi connectivity index (χ0v) is 12.5. The molecule has 2 N–H and O–H groups in total. The Balaban J connectivity index is 3.03. The van der Waals surface area contributed by atoms with Crippen molar-refractivity contribution in [3.05, 3.63) is 11.9 Å². The van der Waals surface area contributed by atoms with Crippen LogP contribution in [0.1, 0.15) is 53.8 Å². The molecule has 4 heteroatoms. The number of nitrogens with zero attached hydrogens (tertiary/aromatic N) is 2. The van der Waals surface area contributed by atoms with Gasteiger partial charge in [0.2, 0.25) is 0 Å². The summed E-state index contributed by atoms with van der Waals surface area (Å²) in [6, 6.07) is 2.34. The summed E-state index contributed by atoms with van der Waals surface area (Å²) in [6.07, 6.45) is 1.09. The van der Waals surface area contributed by atoms with Gasteiger partial charge in [-0.05, 0) is 20.3 Å². The van der Waals surface area contributed by atoms with Gasteiger partial charge in [0.25, 0.3) is 0 Å². The fraction of sp³-hybridized carbons (Fsp3) is 0.714. The van der Waals surface area contributed by atoms with Gasteiger partial charge >= 0.3 is 0 Å². The molecule has 0 unspecified atom stereocenters. The first-order chi connectivity index (χ1) is 8.32. The summed E-state index contributed by atoms with van der Waals surface area (Å²) in [4.78, 5) is 9.18. The molecule has 0 spiro atoms. The lowest BCUT2D eigenvalue weighted by Crippen LogP contribution is -2.20. The van der Waals surface area contributed by atoms with E-state index >= 15 is 0 Å². The normalized spacial score (nSPS) is 11.7. The van der Waals surface area contributed by atoms with Crippen LogP contribution in [0, 0.1) is 0 Å². The van der Waals surface area contributed by atoms with Crippen molar-refractivity contribution in [2.45, 2.75) is 59.4 Å². The monoisotopic (exact) mass is 250 g/mol. The van der Waals surface area contributed by atoms with E-state index in [2.05, 4.69) is 62.1 Å².